The molecule has 1 unspecified atom stereocenters. The Morgan fingerprint density at radius 1 is 0.623 bits per heavy atom. The van der Waals surface area contributed by atoms with Crippen LogP contribution in [-0.2, 0) is 38.3 Å². The van der Waals surface area contributed by atoms with Gasteiger partial charge >= 0.3 is 5.97 Å². The Kier molecular flexibility index (Phi) is 25.0. The van der Waals surface area contributed by atoms with Crippen LogP contribution >= 0.6 is 24.8 Å². The Labute approximate surface area is 462 Å². The van der Waals surface area contributed by atoms with E-state index >= 15 is 0 Å². The van der Waals surface area contributed by atoms with Crippen molar-refractivity contribution in [2.45, 2.75) is 128 Å². The molecule has 422 valence electrons. The van der Waals surface area contributed by atoms with E-state index in [2.05, 4.69) is 42.5 Å². The van der Waals surface area contributed by atoms with E-state index in [1.807, 2.05) is 88.4 Å². The monoisotopic (exact) mass is 1110 g/mol. The molecule has 2 saturated heterocycles. The molecule has 21 nitrogen and oxygen atoms in total. The molecule has 2 fully saturated rings. The van der Waals surface area contributed by atoms with Crippen LogP contribution in [-0.4, -0.2) is 157 Å². The second-order valence-corrected chi connectivity index (χ2v) is 20.2. The van der Waals surface area contributed by atoms with Crippen LogP contribution in [0.2, 0.25) is 0 Å². The van der Waals surface area contributed by atoms with Gasteiger partial charge in [-0.3, -0.25) is 43.2 Å². The smallest absolute Gasteiger partial charge is 0.305 e. The summed E-state index contributed by atoms with van der Waals surface area (Å²) >= 11 is 0. The predicted molar refractivity (Wildman–Crippen MR) is 293 cm³/mol. The molecule has 0 spiro atoms. The highest BCUT2D eigenvalue weighted by Crippen LogP contribution is 2.28. The summed E-state index contributed by atoms with van der Waals surface area (Å²) in [6.45, 7) is 9.87. The molecule has 10 atom stereocenters. The number of hydrogen-bond donors (Lipinski definition) is 9. The molecule has 9 N–H and O–H groups in total. The minimum atomic E-state index is -1.33. The Morgan fingerprint density at radius 2 is 1.09 bits per heavy atom. The molecular formula is C54H76Cl2N10O11. The number of benzene rings is 3. The van der Waals surface area contributed by atoms with E-state index in [1.165, 1.54) is 48.2 Å². The van der Waals surface area contributed by atoms with Gasteiger partial charge in [0.1, 0.15) is 30.2 Å². The number of likely N-dealkylation sites (tertiary alicyclic amines) is 2. The van der Waals surface area contributed by atoms with Gasteiger partial charge in [0, 0.05) is 42.7 Å². The number of hydrogen-bond acceptors (Lipinski definition) is 13. The van der Waals surface area contributed by atoms with Crippen LogP contribution in [0.25, 0.3) is 0 Å². The van der Waals surface area contributed by atoms with Gasteiger partial charge in [0.2, 0.25) is 35.4 Å². The number of halogens is 2. The zero-order chi connectivity index (χ0) is 55.1. The van der Waals surface area contributed by atoms with Gasteiger partial charge in [-0.1, -0.05) is 87.5 Å². The van der Waals surface area contributed by atoms with Crippen LogP contribution in [0.5, 0.6) is 0 Å². The second kappa shape index (κ2) is 29.8. The highest BCUT2D eigenvalue weighted by atomic mass is 35.5. The lowest BCUT2D eigenvalue weighted by atomic mass is 9.85. The Bertz CT molecular complexity index is 2520. The zero-order valence-corrected chi connectivity index (χ0v) is 46.7. The third-order valence-corrected chi connectivity index (χ3v) is 13.7. The lowest BCUT2D eigenvalue weighted by molar-refractivity contribution is -0.144. The summed E-state index contributed by atoms with van der Waals surface area (Å²) in [6, 6.07) is 15.7. The van der Waals surface area contributed by atoms with Crippen LogP contribution in [0, 0.1) is 5.41 Å². The molecule has 77 heavy (non-hydrogen) atoms. The van der Waals surface area contributed by atoms with Gasteiger partial charge in [-0.05, 0) is 88.9 Å². The SMILES string of the molecule is CN[C@@H](C)C(=O)NC(C(=O)N1C[C@@H](NC(=O)c2cccc(C(=O)N[C@H]3C[C@@H](C(=O)N[C@H](C)c4ccccc4)N(C(=O)[C@H](CCC(=O)OC)NC(=O)[C@H](CO)NC)C3)c2)C[C@H]1C(=O)N[C@H](C)c1ccccc1)C(C)(C)C.Cl.Cl. The first-order valence-electron chi connectivity index (χ1n) is 25.3. The molecule has 0 saturated carbocycles. The number of methoxy groups -OCH3 is 1. The van der Waals surface area contributed by atoms with Crippen LogP contribution in [0.4, 0.5) is 0 Å². The number of amides is 8. The minimum absolute atomic E-state index is 0. The number of ether oxygens (including phenoxy) is 1. The molecule has 0 aliphatic carbocycles. The van der Waals surface area contributed by atoms with E-state index in [-0.39, 0.29) is 74.7 Å². The van der Waals surface area contributed by atoms with Crippen molar-refractivity contribution in [3.63, 3.8) is 0 Å². The molecule has 3 aromatic rings. The molecule has 0 radical (unpaired) electrons. The standard InChI is InChI=1S/C54H74N10O11.2ClH/c1-31(34-17-12-10-13-18-34)57-50(71)42-26-38(28-63(42)52(73)40(23-24-44(66)75-9)61-49(70)41(30-65)56-8)59-47(68)36-21-16-22-37(25-36)48(69)60-39-27-43(51(72)58-32(2)35-19-14-11-15-20-35)64(29-39)53(74)45(54(4,5)6)62-46(67)33(3)55-7;;/h10-22,25,31-33,38-43,45,55-56,65H,23-24,26-30H2,1-9H3,(H,57,71)(H,58,72)(H,59,68)(H,60,69)(H,61,70)(H,62,67);2*1H/t31-,32-,33+,38+,39+,40+,41+,42+,43+,45?;;/m1../s1. The molecule has 5 rings (SSSR count). The fourth-order valence-electron chi connectivity index (χ4n) is 9.09. The summed E-state index contributed by atoms with van der Waals surface area (Å²) < 4.78 is 4.78. The highest BCUT2D eigenvalue weighted by molar-refractivity contribution is 6.01. The fraction of sp³-hybridized carbons (Fsp3) is 0.500. The van der Waals surface area contributed by atoms with E-state index in [9.17, 15) is 48.3 Å². The molecule has 23 heteroatoms. The van der Waals surface area contributed by atoms with Crippen LogP contribution in [0.1, 0.15) is 111 Å². The van der Waals surface area contributed by atoms with E-state index in [0.717, 1.165) is 11.1 Å². The summed E-state index contributed by atoms with van der Waals surface area (Å²) in [5.74, 6) is -5.16. The zero-order valence-electron chi connectivity index (χ0n) is 45.0. The van der Waals surface area contributed by atoms with Crippen molar-refractivity contribution < 1.29 is 53.0 Å². The van der Waals surface area contributed by atoms with Crippen molar-refractivity contribution in [1.82, 2.24) is 52.3 Å². The molecule has 8 amide bonds. The predicted octanol–water partition coefficient (Wildman–Crippen LogP) is 1.84. The van der Waals surface area contributed by atoms with Crippen molar-refractivity contribution in [1.29, 1.82) is 0 Å². The maximum atomic E-state index is 14.5. The number of nitrogens with zero attached hydrogens (tertiary/aromatic N) is 2. The van der Waals surface area contributed by atoms with Crippen molar-refractivity contribution in [3.05, 3.63) is 107 Å². The summed E-state index contributed by atoms with van der Waals surface area (Å²) in [6.07, 6.45) is -0.449. The van der Waals surface area contributed by atoms with E-state index in [0.29, 0.717) is 0 Å². The molecule has 3 aromatic carbocycles. The van der Waals surface area contributed by atoms with Crippen LogP contribution in [0.3, 0.4) is 0 Å². The average Bonchev–Trinajstić information content (AvgIpc) is 4.03. The number of esters is 1. The third kappa shape index (κ3) is 17.4. The molecule has 2 aliphatic heterocycles. The van der Waals surface area contributed by atoms with E-state index < -0.39 is 126 Å². The normalized spacial score (nSPS) is 19.2. The van der Waals surface area contributed by atoms with Crippen molar-refractivity contribution in [2.24, 2.45) is 5.41 Å². The largest absolute Gasteiger partial charge is 0.469 e. The molecule has 2 heterocycles. The molecule has 0 aromatic heterocycles. The van der Waals surface area contributed by atoms with E-state index in [1.54, 1.807) is 20.9 Å². The van der Waals surface area contributed by atoms with Gasteiger partial charge in [-0.25, -0.2) is 0 Å². The van der Waals surface area contributed by atoms with E-state index in [4.69, 9.17) is 4.74 Å². The highest BCUT2D eigenvalue weighted by Gasteiger charge is 2.47. The Balaban J connectivity index is 0.00000780. The Hall–Kier alpha value is -6.65. The van der Waals surface area contributed by atoms with Crippen molar-refractivity contribution >= 4 is 78.0 Å². The van der Waals surface area contributed by atoms with Gasteiger partial charge in [0.25, 0.3) is 11.8 Å². The first kappa shape index (κ1) is 64.6. The lowest BCUT2D eigenvalue weighted by Gasteiger charge is -2.36. The summed E-state index contributed by atoms with van der Waals surface area (Å²) in [7, 11) is 4.26. The van der Waals surface area contributed by atoms with Crippen LogP contribution in [0.15, 0.2) is 84.9 Å². The number of carbonyl (C=O) groups is 9. The number of likely N-dealkylation sites (N-methyl/N-ethyl adjacent to an activating group) is 2. The second-order valence-electron chi connectivity index (χ2n) is 20.2. The molecular weight excluding hydrogens is 1040 g/mol. The van der Waals surface area contributed by atoms with Gasteiger partial charge in [-0.15, -0.1) is 24.8 Å². The summed E-state index contributed by atoms with van der Waals surface area (Å²) in [5, 5.41) is 32.6. The van der Waals surface area contributed by atoms with Crippen LogP contribution < -0.4 is 42.5 Å². The summed E-state index contributed by atoms with van der Waals surface area (Å²) in [5.41, 5.74) is 1.04. The minimum Gasteiger partial charge on any atom is -0.469 e. The molecule has 0 bridgehead atoms. The van der Waals surface area contributed by atoms with Gasteiger partial charge < -0.3 is 62.2 Å². The average molecular weight is 1110 g/mol. The third-order valence-electron chi connectivity index (χ3n) is 13.7. The fourth-order valence-corrected chi connectivity index (χ4v) is 9.09. The topological polar surface area (TPSA) is 286 Å². The van der Waals surface area contributed by atoms with Crippen molar-refractivity contribution in [2.75, 3.05) is 40.9 Å². The molecule has 2 aliphatic rings. The van der Waals surface area contributed by atoms with Crippen molar-refractivity contribution in [3.8, 4) is 0 Å². The number of rotatable bonds is 22. The lowest BCUT2D eigenvalue weighted by Crippen LogP contribution is -2.59. The first-order chi connectivity index (χ1) is 35.6. The summed E-state index contributed by atoms with van der Waals surface area (Å²) in [4.78, 5) is 127. The maximum absolute atomic E-state index is 14.5. The quantitative estimate of drug-likeness (QED) is 0.0651. The number of nitrogens with one attached hydrogen (secondary N) is 8. The number of aliphatic hydroxyl groups excluding tert-OH is 1. The number of aliphatic hydroxyl groups is 1. The first-order valence-corrected chi connectivity index (χ1v) is 25.3. The Morgan fingerprint density at radius 3 is 1.51 bits per heavy atom. The van der Waals surface area contributed by atoms with Gasteiger partial charge in [0.15, 0.2) is 0 Å². The maximum Gasteiger partial charge on any atom is 0.305 e. The number of carbonyl (C=O) groups excluding carboxylic acids is 9. The van der Waals surface area contributed by atoms with Gasteiger partial charge in [-0.2, -0.15) is 0 Å². The van der Waals surface area contributed by atoms with Gasteiger partial charge in [0.05, 0.1) is 31.8 Å².